The van der Waals surface area contributed by atoms with E-state index in [1.807, 2.05) is 0 Å². The fourth-order valence-corrected chi connectivity index (χ4v) is 1.59. The highest BCUT2D eigenvalue weighted by atomic mass is 19.4. The Balaban J connectivity index is 2.02. The van der Waals surface area contributed by atoms with E-state index in [-0.39, 0.29) is 12.1 Å². The van der Waals surface area contributed by atoms with Gasteiger partial charge in [-0.3, -0.25) is 4.79 Å². The smallest absolute Gasteiger partial charge is 0.395 e. The zero-order chi connectivity index (χ0) is 13.9. The standard InChI is InChI=1S/C12H11F3N2O2/c13-12(14,15)9-3-1-2-8(6-9)11(18)16-7-10-4-5-19-17-10/h1-3,6H,4-5,7H2,(H,16,18). The second kappa shape index (κ2) is 5.29. The highest BCUT2D eigenvalue weighted by Crippen LogP contribution is 2.29. The van der Waals surface area contributed by atoms with Crippen molar-refractivity contribution in [1.82, 2.24) is 5.32 Å². The molecule has 7 heteroatoms. The zero-order valence-electron chi connectivity index (χ0n) is 9.83. The Morgan fingerprint density at radius 1 is 1.42 bits per heavy atom. The normalized spacial score (nSPS) is 14.8. The van der Waals surface area contributed by atoms with E-state index in [0.717, 1.165) is 12.1 Å². The Hall–Kier alpha value is -2.05. The minimum atomic E-state index is -4.46. The number of oxime groups is 1. The lowest BCUT2D eigenvalue weighted by Gasteiger charge is -2.09. The van der Waals surface area contributed by atoms with E-state index >= 15 is 0 Å². The van der Waals surface area contributed by atoms with Crippen molar-refractivity contribution in [3.05, 3.63) is 35.4 Å². The molecule has 0 unspecified atom stereocenters. The first-order valence-electron chi connectivity index (χ1n) is 5.60. The number of halogens is 3. The van der Waals surface area contributed by atoms with Gasteiger partial charge in [-0.15, -0.1) is 0 Å². The van der Waals surface area contributed by atoms with Crippen LogP contribution in [0.4, 0.5) is 13.2 Å². The molecule has 1 N–H and O–H groups in total. The lowest BCUT2D eigenvalue weighted by atomic mass is 10.1. The van der Waals surface area contributed by atoms with Crippen LogP contribution in [0.3, 0.4) is 0 Å². The molecule has 0 aliphatic carbocycles. The summed E-state index contributed by atoms with van der Waals surface area (Å²) < 4.78 is 37.5. The van der Waals surface area contributed by atoms with Gasteiger partial charge < -0.3 is 10.2 Å². The number of hydrogen-bond acceptors (Lipinski definition) is 3. The first-order chi connectivity index (χ1) is 8.97. The molecule has 4 nitrogen and oxygen atoms in total. The number of nitrogens with zero attached hydrogens (tertiary/aromatic N) is 1. The van der Waals surface area contributed by atoms with Crippen LogP contribution in [-0.4, -0.2) is 24.8 Å². The molecular weight excluding hydrogens is 261 g/mol. The monoisotopic (exact) mass is 272 g/mol. The Morgan fingerprint density at radius 2 is 2.21 bits per heavy atom. The third-order valence-corrected chi connectivity index (χ3v) is 2.58. The number of amides is 1. The van der Waals surface area contributed by atoms with Crippen LogP contribution in [-0.2, 0) is 11.0 Å². The number of carbonyl (C=O) groups excluding carboxylic acids is 1. The van der Waals surface area contributed by atoms with Crippen molar-refractivity contribution in [2.45, 2.75) is 12.6 Å². The van der Waals surface area contributed by atoms with Gasteiger partial charge in [0.2, 0.25) is 0 Å². The molecule has 0 radical (unpaired) electrons. The van der Waals surface area contributed by atoms with Gasteiger partial charge in [0.15, 0.2) is 0 Å². The summed E-state index contributed by atoms with van der Waals surface area (Å²) in [5.41, 5.74) is -0.212. The summed E-state index contributed by atoms with van der Waals surface area (Å²) in [4.78, 5) is 16.5. The molecule has 1 aromatic carbocycles. The van der Waals surface area contributed by atoms with E-state index in [1.165, 1.54) is 12.1 Å². The van der Waals surface area contributed by atoms with E-state index in [9.17, 15) is 18.0 Å². The van der Waals surface area contributed by atoms with E-state index < -0.39 is 17.6 Å². The van der Waals surface area contributed by atoms with E-state index in [0.29, 0.717) is 18.7 Å². The van der Waals surface area contributed by atoms with Crippen LogP contribution in [0.25, 0.3) is 0 Å². The summed E-state index contributed by atoms with van der Waals surface area (Å²) in [6.45, 7) is 0.643. The molecule has 1 amide bonds. The molecule has 102 valence electrons. The molecule has 0 bridgehead atoms. The largest absolute Gasteiger partial charge is 0.416 e. The van der Waals surface area contributed by atoms with Crippen molar-refractivity contribution in [2.24, 2.45) is 5.16 Å². The quantitative estimate of drug-likeness (QED) is 0.917. The molecule has 19 heavy (non-hydrogen) atoms. The molecule has 2 rings (SSSR count). The average Bonchev–Trinajstić information content (AvgIpc) is 2.88. The van der Waals surface area contributed by atoms with Crippen LogP contribution in [0.2, 0.25) is 0 Å². The molecule has 1 aliphatic rings. The third-order valence-electron chi connectivity index (χ3n) is 2.58. The van der Waals surface area contributed by atoms with Gasteiger partial charge in [0.25, 0.3) is 5.91 Å². The van der Waals surface area contributed by atoms with Crippen LogP contribution in [0.15, 0.2) is 29.4 Å². The maximum absolute atomic E-state index is 12.5. The van der Waals surface area contributed by atoms with Crippen molar-refractivity contribution < 1.29 is 22.8 Å². The van der Waals surface area contributed by atoms with E-state index in [1.54, 1.807) is 0 Å². The predicted octanol–water partition coefficient (Wildman–Crippen LogP) is 2.21. The molecule has 0 atom stereocenters. The number of rotatable bonds is 3. The molecule has 1 aromatic rings. The zero-order valence-corrected chi connectivity index (χ0v) is 9.83. The third kappa shape index (κ3) is 3.46. The Bertz CT molecular complexity index is 512. The lowest BCUT2D eigenvalue weighted by molar-refractivity contribution is -0.137. The van der Waals surface area contributed by atoms with Crippen LogP contribution in [0, 0.1) is 0 Å². The minimum absolute atomic E-state index is 0.0330. The van der Waals surface area contributed by atoms with Gasteiger partial charge in [0, 0.05) is 12.0 Å². The predicted molar refractivity (Wildman–Crippen MR) is 61.8 cm³/mol. The van der Waals surface area contributed by atoms with Gasteiger partial charge in [0.1, 0.15) is 6.61 Å². The topological polar surface area (TPSA) is 50.7 Å². The summed E-state index contributed by atoms with van der Waals surface area (Å²) in [6, 6.07) is 4.28. The first kappa shape index (κ1) is 13.4. The Kier molecular flexibility index (Phi) is 3.73. The van der Waals surface area contributed by atoms with Crippen LogP contribution < -0.4 is 5.32 Å². The van der Waals surface area contributed by atoms with Crippen molar-refractivity contribution in [1.29, 1.82) is 0 Å². The number of alkyl halides is 3. The summed E-state index contributed by atoms with van der Waals surface area (Å²) in [7, 11) is 0. The first-order valence-corrected chi connectivity index (χ1v) is 5.60. The van der Waals surface area contributed by atoms with Gasteiger partial charge in [-0.05, 0) is 18.2 Å². The van der Waals surface area contributed by atoms with Crippen LogP contribution in [0.5, 0.6) is 0 Å². The van der Waals surface area contributed by atoms with Gasteiger partial charge in [-0.25, -0.2) is 0 Å². The maximum atomic E-state index is 12.5. The minimum Gasteiger partial charge on any atom is -0.395 e. The molecular formula is C12H11F3N2O2. The summed E-state index contributed by atoms with van der Waals surface area (Å²) in [5.74, 6) is -0.569. The van der Waals surface area contributed by atoms with Gasteiger partial charge in [-0.1, -0.05) is 11.2 Å². The van der Waals surface area contributed by atoms with Crippen LogP contribution >= 0.6 is 0 Å². The summed E-state index contributed by atoms with van der Waals surface area (Å²) in [5, 5.41) is 6.18. The lowest BCUT2D eigenvalue weighted by Crippen LogP contribution is -2.29. The highest BCUT2D eigenvalue weighted by molar-refractivity contribution is 5.98. The molecule has 0 spiro atoms. The number of hydrogen-bond donors (Lipinski definition) is 1. The number of carbonyl (C=O) groups is 1. The average molecular weight is 272 g/mol. The second-order valence-corrected chi connectivity index (χ2v) is 4.00. The van der Waals surface area contributed by atoms with Crippen LogP contribution in [0.1, 0.15) is 22.3 Å². The van der Waals surface area contributed by atoms with Crippen molar-refractivity contribution in [3.8, 4) is 0 Å². The summed E-state index contributed by atoms with van der Waals surface area (Å²) in [6.07, 6.45) is -3.84. The SMILES string of the molecule is O=C(NCC1=NOCC1)c1cccc(C(F)(F)F)c1. The fraction of sp³-hybridized carbons (Fsp3) is 0.333. The van der Waals surface area contributed by atoms with Crippen molar-refractivity contribution >= 4 is 11.6 Å². The highest BCUT2D eigenvalue weighted by Gasteiger charge is 2.30. The molecule has 0 saturated carbocycles. The molecule has 1 heterocycles. The fourth-order valence-electron chi connectivity index (χ4n) is 1.59. The summed E-state index contributed by atoms with van der Waals surface area (Å²) >= 11 is 0. The molecule has 1 aliphatic heterocycles. The van der Waals surface area contributed by atoms with E-state index in [2.05, 4.69) is 10.5 Å². The van der Waals surface area contributed by atoms with Crippen molar-refractivity contribution in [3.63, 3.8) is 0 Å². The molecule has 0 aromatic heterocycles. The van der Waals surface area contributed by atoms with E-state index in [4.69, 9.17) is 4.84 Å². The Labute approximate surface area is 107 Å². The molecule has 0 saturated heterocycles. The Morgan fingerprint density at radius 3 is 2.84 bits per heavy atom. The van der Waals surface area contributed by atoms with Gasteiger partial charge in [-0.2, -0.15) is 13.2 Å². The molecule has 0 fully saturated rings. The van der Waals surface area contributed by atoms with Crippen molar-refractivity contribution in [2.75, 3.05) is 13.2 Å². The van der Waals surface area contributed by atoms with Gasteiger partial charge >= 0.3 is 6.18 Å². The number of benzene rings is 1. The number of nitrogens with one attached hydrogen (secondary N) is 1. The maximum Gasteiger partial charge on any atom is 0.416 e. The second-order valence-electron chi connectivity index (χ2n) is 4.00. The van der Waals surface area contributed by atoms with Gasteiger partial charge in [0.05, 0.1) is 17.8 Å².